The summed E-state index contributed by atoms with van der Waals surface area (Å²) in [6, 6.07) is 9.30. The summed E-state index contributed by atoms with van der Waals surface area (Å²) in [6.07, 6.45) is 4.78. The molecular weight excluding hydrogens is 342 g/mol. The van der Waals surface area contributed by atoms with E-state index in [9.17, 15) is 4.79 Å². The quantitative estimate of drug-likeness (QED) is 0.575. The lowest BCUT2D eigenvalue weighted by molar-refractivity contribution is 0.0955. The number of pyridine rings is 1. The average molecular weight is 367 g/mol. The molecule has 7 heteroatoms. The Labute approximate surface area is 159 Å². The van der Waals surface area contributed by atoms with Crippen LogP contribution in [0.5, 0.6) is 5.75 Å². The fourth-order valence-electron chi connectivity index (χ4n) is 2.99. The van der Waals surface area contributed by atoms with Crippen LogP contribution in [0.15, 0.2) is 47.8 Å². The zero-order chi connectivity index (χ0) is 18.9. The van der Waals surface area contributed by atoms with E-state index in [0.29, 0.717) is 12.2 Å². The van der Waals surface area contributed by atoms with Crippen molar-refractivity contribution in [2.45, 2.75) is 13.5 Å². The van der Waals surface area contributed by atoms with Crippen molar-refractivity contribution in [1.82, 2.24) is 20.6 Å². The second-order valence-corrected chi connectivity index (χ2v) is 6.23. The van der Waals surface area contributed by atoms with Gasteiger partial charge < -0.3 is 10.1 Å². The lowest BCUT2D eigenvalue weighted by Crippen LogP contribution is -2.42. The third-order valence-electron chi connectivity index (χ3n) is 4.33. The third-order valence-corrected chi connectivity index (χ3v) is 4.33. The number of para-hydroxylation sites is 1. The Hall–Kier alpha value is -2.77. The lowest BCUT2D eigenvalue weighted by atomic mass is 10.1. The smallest absolute Gasteiger partial charge is 0.271 e. The van der Waals surface area contributed by atoms with Crippen LogP contribution in [0.2, 0.25) is 0 Å². The molecule has 0 saturated carbocycles. The summed E-state index contributed by atoms with van der Waals surface area (Å²) in [5, 5.41) is 7.47. The molecule has 142 valence electrons. The van der Waals surface area contributed by atoms with Gasteiger partial charge in [0.05, 0.1) is 12.8 Å². The minimum absolute atomic E-state index is 0.274. The van der Waals surface area contributed by atoms with Crippen molar-refractivity contribution < 1.29 is 9.53 Å². The van der Waals surface area contributed by atoms with E-state index in [-0.39, 0.29) is 5.91 Å². The first-order valence-electron chi connectivity index (χ1n) is 9.19. The molecule has 0 aliphatic carbocycles. The summed E-state index contributed by atoms with van der Waals surface area (Å²) < 4.78 is 5.90. The zero-order valence-electron chi connectivity index (χ0n) is 15.5. The molecule has 27 heavy (non-hydrogen) atoms. The van der Waals surface area contributed by atoms with Crippen molar-refractivity contribution in [3.05, 3.63) is 59.4 Å². The van der Waals surface area contributed by atoms with Gasteiger partial charge in [-0.1, -0.05) is 12.1 Å². The lowest BCUT2D eigenvalue weighted by Gasteiger charge is -2.28. The standard InChI is InChI=1S/C20H25N5O2/c1-2-27-19-17(14-23-24-20(26)16-6-8-21-9-7-16)4-3-5-18(19)15-25-12-10-22-11-13-25/h3-9,14,22H,2,10-13,15H2,1H3,(H,24,26)/b23-14-. The minimum Gasteiger partial charge on any atom is -0.493 e. The second-order valence-electron chi connectivity index (χ2n) is 6.23. The average Bonchev–Trinajstić information content (AvgIpc) is 2.71. The van der Waals surface area contributed by atoms with Gasteiger partial charge in [0.2, 0.25) is 0 Å². The number of carbonyl (C=O) groups is 1. The summed E-state index contributed by atoms with van der Waals surface area (Å²) in [6.45, 7) is 7.43. The number of amides is 1. The van der Waals surface area contributed by atoms with Gasteiger partial charge in [0.25, 0.3) is 5.91 Å². The Kier molecular flexibility index (Phi) is 6.90. The third kappa shape index (κ3) is 5.35. The predicted octanol–water partition coefficient (Wildman–Crippen LogP) is 1.65. The molecule has 0 bridgehead atoms. The van der Waals surface area contributed by atoms with E-state index in [1.165, 1.54) is 0 Å². The van der Waals surface area contributed by atoms with Crippen LogP contribution in [0.3, 0.4) is 0 Å². The highest BCUT2D eigenvalue weighted by Gasteiger charge is 2.14. The van der Waals surface area contributed by atoms with Gasteiger partial charge >= 0.3 is 0 Å². The van der Waals surface area contributed by atoms with Crippen molar-refractivity contribution in [3.63, 3.8) is 0 Å². The summed E-state index contributed by atoms with van der Waals surface area (Å²) in [5.74, 6) is 0.545. The molecule has 2 N–H and O–H groups in total. The van der Waals surface area contributed by atoms with Crippen LogP contribution in [-0.2, 0) is 6.54 Å². The van der Waals surface area contributed by atoms with E-state index in [2.05, 4.69) is 31.8 Å². The van der Waals surface area contributed by atoms with Crippen LogP contribution in [-0.4, -0.2) is 54.8 Å². The molecule has 1 aliphatic heterocycles. The Morgan fingerprint density at radius 2 is 2.07 bits per heavy atom. The van der Waals surface area contributed by atoms with Crippen molar-refractivity contribution in [3.8, 4) is 5.75 Å². The Morgan fingerprint density at radius 1 is 1.30 bits per heavy atom. The van der Waals surface area contributed by atoms with Crippen molar-refractivity contribution in [1.29, 1.82) is 0 Å². The van der Waals surface area contributed by atoms with Gasteiger partial charge in [-0.25, -0.2) is 5.43 Å². The van der Waals surface area contributed by atoms with Crippen LogP contribution in [0.1, 0.15) is 28.4 Å². The first-order chi connectivity index (χ1) is 13.3. The molecule has 1 saturated heterocycles. The van der Waals surface area contributed by atoms with Gasteiger partial charge in [-0.15, -0.1) is 0 Å². The van der Waals surface area contributed by atoms with Crippen LogP contribution in [0.4, 0.5) is 0 Å². The Bertz CT molecular complexity index is 773. The molecule has 0 atom stereocenters. The highest BCUT2D eigenvalue weighted by atomic mass is 16.5. The topological polar surface area (TPSA) is 78.8 Å². The molecule has 0 radical (unpaired) electrons. The van der Waals surface area contributed by atoms with Gasteiger partial charge in [0.15, 0.2) is 0 Å². The fourth-order valence-corrected chi connectivity index (χ4v) is 2.99. The van der Waals surface area contributed by atoms with E-state index in [1.54, 1.807) is 30.7 Å². The van der Waals surface area contributed by atoms with E-state index in [1.807, 2.05) is 19.1 Å². The molecule has 1 aliphatic rings. The van der Waals surface area contributed by atoms with E-state index < -0.39 is 0 Å². The predicted molar refractivity (Wildman–Crippen MR) is 105 cm³/mol. The Morgan fingerprint density at radius 3 is 2.81 bits per heavy atom. The molecule has 7 nitrogen and oxygen atoms in total. The fraction of sp³-hybridized carbons (Fsp3) is 0.350. The molecule has 1 aromatic carbocycles. The maximum atomic E-state index is 12.1. The minimum atomic E-state index is -0.274. The number of nitrogens with zero attached hydrogens (tertiary/aromatic N) is 3. The number of piperazine rings is 1. The number of benzene rings is 1. The molecule has 1 amide bonds. The number of hydrazone groups is 1. The monoisotopic (exact) mass is 367 g/mol. The molecule has 1 aromatic heterocycles. The summed E-state index contributed by atoms with van der Waals surface area (Å²) in [4.78, 5) is 18.4. The van der Waals surface area contributed by atoms with Gasteiger partial charge in [-0.3, -0.25) is 14.7 Å². The number of ether oxygens (including phenoxy) is 1. The number of hydrogen-bond donors (Lipinski definition) is 2. The maximum absolute atomic E-state index is 12.1. The van der Waals surface area contributed by atoms with Crippen molar-refractivity contribution in [2.24, 2.45) is 5.10 Å². The highest BCUT2D eigenvalue weighted by Crippen LogP contribution is 2.24. The first-order valence-corrected chi connectivity index (χ1v) is 9.19. The van der Waals surface area contributed by atoms with Crippen LogP contribution in [0, 0.1) is 0 Å². The maximum Gasteiger partial charge on any atom is 0.271 e. The van der Waals surface area contributed by atoms with Crippen molar-refractivity contribution >= 4 is 12.1 Å². The number of hydrogen-bond acceptors (Lipinski definition) is 6. The molecule has 0 spiro atoms. The van der Waals surface area contributed by atoms with Crippen LogP contribution >= 0.6 is 0 Å². The number of aromatic nitrogens is 1. The van der Waals surface area contributed by atoms with Crippen LogP contribution in [0.25, 0.3) is 0 Å². The number of rotatable bonds is 7. The molecule has 3 rings (SSSR count). The molecular formula is C20H25N5O2. The number of nitrogens with one attached hydrogen (secondary N) is 2. The highest BCUT2D eigenvalue weighted by molar-refractivity contribution is 5.95. The van der Waals surface area contributed by atoms with Gasteiger partial charge in [0.1, 0.15) is 5.75 Å². The molecule has 2 aromatic rings. The van der Waals surface area contributed by atoms with E-state index in [4.69, 9.17) is 4.74 Å². The first kappa shape index (κ1) is 19.0. The summed E-state index contributed by atoms with van der Waals surface area (Å²) in [7, 11) is 0. The number of carbonyl (C=O) groups excluding carboxylic acids is 1. The molecule has 0 unspecified atom stereocenters. The normalized spacial score (nSPS) is 15.0. The summed E-state index contributed by atoms with van der Waals surface area (Å²) >= 11 is 0. The molecule has 2 heterocycles. The van der Waals surface area contributed by atoms with Gasteiger partial charge in [0, 0.05) is 61.8 Å². The van der Waals surface area contributed by atoms with Gasteiger partial charge in [-0.2, -0.15) is 5.10 Å². The van der Waals surface area contributed by atoms with E-state index in [0.717, 1.165) is 49.6 Å². The Balaban J connectivity index is 1.71. The SMILES string of the molecule is CCOc1c(/C=N\NC(=O)c2ccncc2)cccc1CN1CCNCC1. The van der Waals surface area contributed by atoms with Gasteiger partial charge in [-0.05, 0) is 25.1 Å². The second kappa shape index (κ2) is 9.80. The largest absolute Gasteiger partial charge is 0.493 e. The molecule has 1 fully saturated rings. The van der Waals surface area contributed by atoms with Crippen LogP contribution < -0.4 is 15.5 Å². The summed E-state index contributed by atoms with van der Waals surface area (Å²) in [5.41, 5.74) is 5.03. The van der Waals surface area contributed by atoms with E-state index >= 15 is 0 Å². The zero-order valence-corrected chi connectivity index (χ0v) is 15.5. The van der Waals surface area contributed by atoms with Crippen molar-refractivity contribution in [2.75, 3.05) is 32.8 Å².